The molecule has 0 saturated heterocycles. The van der Waals surface area contributed by atoms with E-state index in [0.29, 0.717) is 5.15 Å². The molecule has 0 saturated carbocycles. The first kappa shape index (κ1) is 13.4. The normalized spacial score (nSPS) is 14.8. The van der Waals surface area contributed by atoms with Crippen molar-refractivity contribution >= 4 is 23.1 Å². The third-order valence-electron chi connectivity index (χ3n) is 3.86. The van der Waals surface area contributed by atoms with E-state index < -0.39 is 0 Å². The van der Waals surface area contributed by atoms with Crippen LogP contribution in [0.4, 0.5) is 11.5 Å². The molecular formula is C16H18ClN3. The van der Waals surface area contributed by atoms with Gasteiger partial charge < -0.3 is 4.90 Å². The van der Waals surface area contributed by atoms with E-state index in [1.165, 1.54) is 17.7 Å². The number of fused-ring (bicyclic) bond motifs is 1. The van der Waals surface area contributed by atoms with Gasteiger partial charge in [-0.3, -0.25) is 0 Å². The Morgan fingerprint density at radius 2 is 1.80 bits per heavy atom. The minimum Gasteiger partial charge on any atom is -0.324 e. The molecule has 1 aromatic heterocycles. The number of hydrogen-bond acceptors (Lipinski definition) is 3. The monoisotopic (exact) mass is 287 g/mol. The van der Waals surface area contributed by atoms with E-state index >= 15 is 0 Å². The number of rotatable bonds is 1. The van der Waals surface area contributed by atoms with Crippen molar-refractivity contribution in [2.24, 2.45) is 0 Å². The van der Waals surface area contributed by atoms with Crippen LogP contribution in [0.3, 0.4) is 0 Å². The van der Waals surface area contributed by atoms with Crippen LogP contribution in [0.25, 0.3) is 0 Å². The molecule has 1 aromatic carbocycles. The molecule has 0 radical (unpaired) electrons. The fourth-order valence-electron chi connectivity index (χ4n) is 2.65. The summed E-state index contributed by atoms with van der Waals surface area (Å²) in [5.74, 6) is 0.782. The third-order valence-corrected chi connectivity index (χ3v) is 4.12. The van der Waals surface area contributed by atoms with Gasteiger partial charge in [0.25, 0.3) is 0 Å². The predicted molar refractivity (Wildman–Crippen MR) is 82.9 cm³/mol. The van der Waals surface area contributed by atoms with Gasteiger partial charge in [-0.25, -0.2) is 9.97 Å². The van der Waals surface area contributed by atoms with E-state index in [-0.39, 0.29) is 0 Å². The lowest BCUT2D eigenvalue weighted by molar-refractivity contribution is 0.756. The number of benzene rings is 1. The molecule has 0 N–H and O–H groups in total. The summed E-state index contributed by atoms with van der Waals surface area (Å²) >= 11 is 6.34. The molecule has 0 spiro atoms. The minimum absolute atomic E-state index is 0.491. The Morgan fingerprint density at radius 3 is 2.65 bits per heavy atom. The van der Waals surface area contributed by atoms with Gasteiger partial charge in [0.05, 0.1) is 11.4 Å². The number of aryl methyl sites for hydroxylation is 3. The molecule has 0 amide bonds. The van der Waals surface area contributed by atoms with Crippen LogP contribution in [-0.4, -0.2) is 16.5 Å². The number of para-hydroxylation sites is 1. The Kier molecular flexibility index (Phi) is 3.62. The molecule has 0 fully saturated rings. The summed E-state index contributed by atoms with van der Waals surface area (Å²) in [4.78, 5) is 11.3. The second kappa shape index (κ2) is 5.41. The first-order chi connectivity index (χ1) is 9.66. The van der Waals surface area contributed by atoms with Crippen molar-refractivity contribution in [3.8, 4) is 0 Å². The van der Waals surface area contributed by atoms with Gasteiger partial charge in [-0.05, 0) is 44.7 Å². The van der Waals surface area contributed by atoms with Crippen LogP contribution < -0.4 is 4.90 Å². The molecule has 104 valence electrons. The molecule has 4 heteroatoms. The maximum atomic E-state index is 6.34. The van der Waals surface area contributed by atoms with E-state index in [9.17, 15) is 0 Å². The number of hydrogen-bond donors (Lipinski definition) is 0. The smallest absolute Gasteiger partial charge is 0.172 e. The van der Waals surface area contributed by atoms with Crippen molar-refractivity contribution in [2.45, 2.75) is 33.1 Å². The van der Waals surface area contributed by atoms with Crippen molar-refractivity contribution in [1.29, 1.82) is 0 Å². The van der Waals surface area contributed by atoms with Crippen molar-refractivity contribution in [3.63, 3.8) is 0 Å². The molecule has 0 atom stereocenters. The van der Waals surface area contributed by atoms with E-state index in [4.69, 9.17) is 11.6 Å². The fourth-order valence-corrected chi connectivity index (χ4v) is 2.92. The highest BCUT2D eigenvalue weighted by Gasteiger charge is 2.21. The van der Waals surface area contributed by atoms with Crippen molar-refractivity contribution in [3.05, 3.63) is 46.4 Å². The quantitative estimate of drug-likeness (QED) is 0.786. The van der Waals surface area contributed by atoms with Crippen molar-refractivity contribution in [1.82, 2.24) is 9.97 Å². The summed E-state index contributed by atoms with van der Waals surface area (Å²) < 4.78 is 0. The van der Waals surface area contributed by atoms with Crippen LogP contribution in [0, 0.1) is 13.8 Å². The lowest BCUT2D eigenvalue weighted by Crippen LogP contribution is -2.20. The molecule has 1 aliphatic rings. The molecule has 0 aliphatic carbocycles. The standard InChI is InChI=1S/C16H18ClN3/c1-11-12(2)19-16(15(17)18-11)20-10-6-5-8-13-7-3-4-9-14(13)20/h3-4,7,9H,5-6,8,10H2,1-2H3. The number of nitrogens with zero attached hydrogens (tertiary/aromatic N) is 3. The number of anilines is 2. The Bertz CT molecular complexity index is 640. The highest BCUT2D eigenvalue weighted by Crippen LogP contribution is 2.34. The first-order valence-electron chi connectivity index (χ1n) is 7.03. The number of aromatic nitrogens is 2. The zero-order valence-electron chi connectivity index (χ0n) is 11.9. The maximum absolute atomic E-state index is 6.34. The highest BCUT2D eigenvalue weighted by molar-refractivity contribution is 6.31. The van der Waals surface area contributed by atoms with Gasteiger partial charge in [0.1, 0.15) is 0 Å². The van der Waals surface area contributed by atoms with Gasteiger partial charge in [-0.1, -0.05) is 29.8 Å². The summed E-state index contributed by atoms with van der Waals surface area (Å²) in [6, 6.07) is 8.50. The summed E-state index contributed by atoms with van der Waals surface area (Å²) in [5, 5.41) is 0.491. The second-order valence-electron chi connectivity index (χ2n) is 5.25. The van der Waals surface area contributed by atoms with Crippen LogP contribution in [-0.2, 0) is 6.42 Å². The summed E-state index contributed by atoms with van der Waals surface area (Å²) in [5.41, 5.74) is 4.40. The molecule has 0 unspecified atom stereocenters. The zero-order chi connectivity index (χ0) is 14.1. The Labute approximate surface area is 124 Å². The summed E-state index contributed by atoms with van der Waals surface area (Å²) in [7, 11) is 0. The average molecular weight is 288 g/mol. The SMILES string of the molecule is Cc1nc(Cl)c(N2CCCCc3ccccc32)nc1C. The van der Waals surface area contributed by atoms with Crippen LogP contribution in [0.1, 0.15) is 29.8 Å². The molecule has 3 rings (SSSR count). The molecule has 2 heterocycles. The van der Waals surface area contributed by atoms with Crippen molar-refractivity contribution in [2.75, 3.05) is 11.4 Å². The van der Waals surface area contributed by atoms with Crippen LogP contribution in [0.15, 0.2) is 24.3 Å². The lowest BCUT2D eigenvalue weighted by Gasteiger charge is -2.25. The van der Waals surface area contributed by atoms with E-state index in [1.807, 2.05) is 13.8 Å². The zero-order valence-corrected chi connectivity index (χ0v) is 12.6. The average Bonchev–Trinajstić information content (AvgIpc) is 2.65. The van der Waals surface area contributed by atoms with Gasteiger partial charge in [0, 0.05) is 12.2 Å². The van der Waals surface area contributed by atoms with E-state index in [1.54, 1.807) is 0 Å². The summed E-state index contributed by atoms with van der Waals surface area (Å²) in [6.45, 7) is 4.86. The largest absolute Gasteiger partial charge is 0.324 e. The van der Waals surface area contributed by atoms with Gasteiger partial charge in [-0.2, -0.15) is 0 Å². The Balaban J connectivity index is 2.12. The van der Waals surface area contributed by atoms with E-state index in [0.717, 1.165) is 36.6 Å². The molecule has 3 nitrogen and oxygen atoms in total. The van der Waals surface area contributed by atoms with E-state index in [2.05, 4.69) is 39.1 Å². The molecule has 2 aromatic rings. The number of halogens is 1. The van der Waals surface area contributed by atoms with Gasteiger partial charge in [0.2, 0.25) is 0 Å². The minimum atomic E-state index is 0.491. The van der Waals surface area contributed by atoms with Crippen molar-refractivity contribution < 1.29 is 0 Å². The van der Waals surface area contributed by atoms with Crippen LogP contribution in [0.2, 0.25) is 5.15 Å². The summed E-state index contributed by atoms with van der Waals surface area (Å²) in [6.07, 6.45) is 3.45. The second-order valence-corrected chi connectivity index (χ2v) is 5.60. The van der Waals surface area contributed by atoms with Gasteiger partial charge in [-0.15, -0.1) is 0 Å². The molecule has 0 bridgehead atoms. The Hall–Kier alpha value is -1.61. The molecular weight excluding hydrogens is 270 g/mol. The fraction of sp³-hybridized carbons (Fsp3) is 0.375. The van der Waals surface area contributed by atoms with Gasteiger partial charge >= 0.3 is 0 Å². The molecule has 1 aliphatic heterocycles. The molecule has 20 heavy (non-hydrogen) atoms. The maximum Gasteiger partial charge on any atom is 0.172 e. The Morgan fingerprint density at radius 1 is 1.05 bits per heavy atom. The van der Waals surface area contributed by atoms with Gasteiger partial charge in [0.15, 0.2) is 11.0 Å². The first-order valence-corrected chi connectivity index (χ1v) is 7.41. The van der Waals surface area contributed by atoms with Crippen LogP contribution >= 0.6 is 11.6 Å². The van der Waals surface area contributed by atoms with Crippen LogP contribution in [0.5, 0.6) is 0 Å². The lowest BCUT2D eigenvalue weighted by atomic mass is 10.1. The topological polar surface area (TPSA) is 29.0 Å². The predicted octanol–water partition coefficient (Wildman–Crippen LogP) is 4.22. The third kappa shape index (κ3) is 2.38. The highest BCUT2D eigenvalue weighted by atomic mass is 35.5.